The topological polar surface area (TPSA) is 21.3 Å². The van der Waals surface area contributed by atoms with Gasteiger partial charge in [-0.1, -0.05) is 23.8 Å². The molecule has 2 nitrogen and oxygen atoms in total. The third-order valence-electron chi connectivity index (χ3n) is 3.83. The molecule has 1 aliphatic carbocycles. The second-order valence-corrected chi connectivity index (χ2v) is 5.89. The van der Waals surface area contributed by atoms with E-state index in [1.807, 2.05) is 13.1 Å². The molecule has 0 aromatic heterocycles. The van der Waals surface area contributed by atoms with Gasteiger partial charge in [-0.25, -0.2) is 0 Å². The fraction of sp³-hybridized carbons (Fsp3) is 0.556. The third-order valence-corrected chi connectivity index (χ3v) is 3.83. The standard InChI is InChI=1S/C18H27NO/c1-14(2)20-17-11-7-10-16(13-17)18(19-3)12-15-8-5-4-6-9-15/h7-8,10-11,13-14,18-19H,4-6,9,12H2,1-3H3. The van der Waals surface area contributed by atoms with Gasteiger partial charge in [0.1, 0.15) is 5.75 Å². The summed E-state index contributed by atoms with van der Waals surface area (Å²) >= 11 is 0. The lowest BCUT2D eigenvalue weighted by Gasteiger charge is -2.21. The highest BCUT2D eigenvalue weighted by Crippen LogP contribution is 2.29. The van der Waals surface area contributed by atoms with Crippen LogP contribution in [0.5, 0.6) is 5.75 Å². The van der Waals surface area contributed by atoms with E-state index in [9.17, 15) is 0 Å². The summed E-state index contributed by atoms with van der Waals surface area (Å²) in [5.41, 5.74) is 2.92. The number of benzene rings is 1. The zero-order chi connectivity index (χ0) is 14.4. The molecule has 0 radical (unpaired) electrons. The highest BCUT2D eigenvalue weighted by Gasteiger charge is 2.14. The molecule has 1 aromatic carbocycles. The number of rotatable bonds is 6. The van der Waals surface area contributed by atoms with Crippen LogP contribution in [0.15, 0.2) is 35.9 Å². The summed E-state index contributed by atoms with van der Waals surface area (Å²) in [6, 6.07) is 8.88. The molecule has 0 fully saturated rings. The van der Waals surface area contributed by atoms with Gasteiger partial charge < -0.3 is 10.1 Å². The van der Waals surface area contributed by atoms with Crippen LogP contribution >= 0.6 is 0 Å². The van der Waals surface area contributed by atoms with E-state index in [-0.39, 0.29) is 6.10 Å². The highest BCUT2D eigenvalue weighted by atomic mass is 16.5. The molecule has 110 valence electrons. The summed E-state index contributed by atoms with van der Waals surface area (Å²) in [5, 5.41) is 3.45. The van der Waals surface area contributed by atoms with E-state index in [4.69, 9.17) is 4.74 Å². The van der Waals surface area contributed by atoms with E-state index >= 15 is 0 Å². The summed E-state index contributed by atoms with van der Waals surface area (Å²) < 4.78 is 5.80. The van der Waals surface area contributed by atoms with Gasteiger partial charge in [0.05, 0.1) is 6.10 Å². The maximum absolute atomic E-state index is 5.80. The SMILES string of the molecule is CNC(CC1=CCCCC1)c1cccc(OC(C)C)c1. The first-order valence-electron chi connectivity index (χ1n) is 7.81. The number of allylic oxidation sites excluding steroid dienone is 1. The van der Waals surface area contributed by atoms with Crippen molar-refractivity contribution in [2.75, 3.05) is 7.05 Å². The van der Waals surface area contributed by atoms with Crippen LogP contribution in [0.4, 0.5) is 0 Å². The molecule has 0 spiro atoms. The van der Waals surface area contributed by atoms with Crippen molar-refractivity contribution in [2.24, 2.45) is 0 Å². The molecule has 1 unspecified atom stereocenters. The molecule has 2 rings (SSSR count). The monoisotopic (exact) mass is 273 g/mol. The van der Waals surface area contributed by atoms with Gasteiger partial charge in [-0.2, -0.15) is 0 Å². The highest BCUT2D eigenvalue weighted by molar-refractivity contribution is 5.31. The first-order valence-corrected chi connectivity index (χ1v) is 7.81. The van der Waals surface area contributed by atoms with Crippen LogP contribution in [0, 0.1) is 0 Å². The van der Waals surface area contributed by atoms with Crippen molar-refractivity contribution < 1.29 is 4.74 Å². The Bertz CT molecular complexity index is 450. The molecule has 20 heavy (non-hydrogen) atoms. The molecule has 0 saturated carbocycles. The zero-order valence-electron chi connectivity index (χ0n) is 13.0. The minimum absolute atomic E-state index is 0.222. The molecule has 0 heterocycles. The Kier molecular flexibility index (Phi) is 5.66. The second kappa shape index (κ2) is 7.49. The number of ether oxygens (including phenoxy) is 1. The van der Waals surface area contributed by atoms with Crippen molar-refractivity contribution in [1.29, 1.82) is 0 Å². The van der Waals surface area contributed by atoms with E-state index in [0.29, 0.717) is 6.04 Å². The van der Waals surface area contributed by atoms with Crippen LogP contribution in [0.3, 0.4) is 0 Å². The van der Waals surface area contributed by atoms with Crippen LogP contribution in [0.2, 0.25) is 0 Å². The van der Waals surface area contributed by atoms with E-state index in [1.54, 1.807) is 5.57 Å². The average molecular weight is 273 g/mol. The van der Waals surface area contributed by atoms with Crippen LogP contribution in [0.1, 0.15) is 57.6 Å². The largest absolute Gasteiger partial charge is 0.491 e. The van der Waals surface area contributed by atoms with Crippen LogP contribution in [-0.4, -0.2) is 13.2 Å². The predicted molar refractivity (Wildman–Crippen MR) is 85.2 cm³/mol. The molecule has 1 aromatic rings. The van der Waals surface area contributed by atoms with E-state index in [0.717, 1.165) is 12.2 Å². The molecule has 2 heteroatoms. The quantitative estimate of drug-likeness (QED) is 0.763. The smallest absolute Gasteiger partial charge is 0.120 e. The van der Waals surface area contributed by atoms with E-state index in [1.165, 1.54) is 31.2 Å². The molecular formula is C18H27NO. The van der Waals surface area contributed by atoms with Crippen molar-refractivity contribution in [3.05, 3.63) is 41.5 Å². The third kappa shape index (κ3) is 4.38. The molecule has 0 bridgehead atoms. The lowest BCUT2D eigenvalue weighted by atomic mass is 9.91. The zero-order valence-corrected chi connectivity index (χ0v) is 13.0. The molecule has 1 N–H and O–H groups in total. The van der Waals surface area contributed by atoms with E-state index in [2.05, 4.69) is 43.4 Å². The van der Waals surface area contributed by atoms with Gasteiger partial charge in [-0.15, -0.1) is 0 Å². The van der Waals surface area contributed by atoms with Gasteiger partial charge in [-0.05, 0) is 70.7 Å². The summed E-state index contributed by atoms with van der Waals surface area (Å²) in [7, 11) is 2.05. The summed E-state index contributed by atoms with van der Waals surface area (Å²) in [4.78, 5) is 0. The van der Waals surface area contributed by atoms with Crippen LogP contribution < -0.4 is 10.1 Å². The Balaban J connectivity index is 2.08. The van der Waals surface area contributed by atoms with Gasteiger partial charge in [0, 0.05) is 6.04 Å². The minimum atomic E-state index is 0.222. The summed E-state index contributed by atoms with van der Waals surface area (Å²) in [5.74, 6) is 0.968. The Morgan fingerprint density at radius 3 is 2.75 bits per heavy atom. The lowest BCUT2D eigenvalue weighted by molar-refractivity contribution is 0.242. The Labute approximate surface area is 123 Å². The molecule has 1 aliphatic rings. The predicted octanol–water partition coefficient (Wildman–Crippen LogP) is 4.62. The maximum atomic E-state index is 5.80. The molecule has 0 saturated heterocycles. The van der Waals surface area contributed by atoms with Gasteiger partial charge in [0.2, 0.25) is 0 Å². The first kappa shape index (κ1) is 15.1. The second-order valence-electron chi connectivity index (χ2n) is 5.89. The van der Waals surface area contributed by atoms with Crippen molar-refractivity contribution in [2.45, 2.75) is 58.1 Å². The average Bonchev–Trinajstić information content (AvgIpc) is 2.45. The van der Waals surface area contributed by atoms with Crippen molar-refractivity contribution >= 4 is 0 Å². The summed E-state index contributed by atoms with van der Waals surface area (Å²) in [6.45, 7) is 4.13. The fourth-order valence-corrected chi connectivity index (χ4v) is 2.82. The van der Waals surface area contributed by atoms with Crippen molar-refractivity contribution in [3.8, 4) is 5.75 Å². The minimum Gasteiger partial charge on any atom is -0.491 e. The molecule has 0 aliphatic heterocycles. The van der Waals surface area contributed by atoms with E-state index < -0.39 is 0 Å². The molecule has 1 atom stereocenters. The number of nitrogens with one attached hydrogen (secondary N) is 1. The summed E-state index contributed by atoms with van der Waals surface area (Å²) in [6.07, 6.45) is 8.98. The van der Waals surface area contributed by atoms with Crippen molar-refractivity contribution in [1.82, 2.24) is 5.32 Å². The lowest BCUT2D eigenvalue weighted by Crippen LogP contribution is -2.18. The normalized spacial score (nSPS) is 16.9. The maximum Gasteiger partial charge on any atom is 0.120 e. The van der Waals surface area contributed by atoms with Gasteiger partial charge in [0.15, 0.2) is 0 Å². The number of hydrogen-bond acceptors (Lipinski definition) is 2. The van der Waals surface area contributed by atoms with Gasteiger partial charge >= 0.3 is 0 Å². The number of hydrogen-bond donors (Lipinski definition) is 1. The van der Waals surface area contributed by atoms with Crippen LogP contribution in [-0.2, 0) is 0 Å². The molecular weight excluding hydrogens is 246 g/mol. The Morgan fingerprint density at radius 1 is 1.25 bits per heavy atom. The Morgan fingerprint density at radius 2 is 2.10 bits per heavy atom. The Hall–Kier alpha value is -1.28. The van der Waals surface area contributed by atoms with Gasteiger partial charge in [0.25, 0.3) is 0 Å². The van der Waals surface area contributed by atoms with Crippen molar-refractivity contribution in [3.63, 3.8) is 0 Å². The fourth-order valence-electron chi connectivity index (χ4n) is 2.82. The molecule has 0 amide bonds. The first-order chi connectivity index (χ1) is 9.69. The van der Waals surface area contributed by atoms with Gasteiger partial charge in [-0.3, -0.25) is 0 Å². The van der Waals surface area contributed by atoms with Crippen LogP contribution in [0.25, 0.3) is 0 Å².